The molecule has 6 rings (SSSR count). The van der Waals surface area contributed by atoms with Gasteiger partial charge in [0.2, 0.25) is 0 Å². The van der Waals surface area contributed by atoms with Gasteiger partial charge in [-0.25, -0.2) is 0 Å². The van der Waals surface area contributed by atoms with Crippen LogP contribution in [-0.4, -0.2) is 22.1 Å². The topological polar surface area (TPSA) is 9.23 Å². The van der Waals surface area contributed by atoms with E-state index in [2.05, 4.69) is 86.6 Å². The van der Waals surface area contributed by atoms with Gasteiger partial charge in [-0.3, -0.25) is 0 Å². The molecule has 3 saturated carbocycles. The van der Waals surface area contributed by atoms with Crippen molar-refractivity contribution in [3.05, 3.63) is 83.9 Å². The summed E-state index contributed by atoms with van der Waals surface area (Å²) in [6.07, 6.45) is 4.34. The third-order valence-corrected chi connectivity index (χ3v) is 11.4. The molecule has 5 atom stereocenters. The Kier molecular flexibility index (Phi) is 5.99. The standard InChI is InChI=1S/C29H34OSe/c1-29(2)23-17-26(29)25(16-22-14-9-13-20-10-7-8-15-24(20)22)28(18-23)31-19-27(30-3)21-11-5-4-6-12-21/h4-15,23,25-28H,16-19H2,1-3H3/t23-,25+,26+,27?,28+/m1/s1. The van der Waals surface area contributed by atoms with Crippen molar-refractivity contribution in [2.24, 2.45) is 23.2 Å². The van der Waals surface area contributed by atoms with Crippen molar-refractivity contribution < 1.29 is 4.74 Å². The van der Waals surface area contributed by atoms with E-state index in [1.807, 2.05) is 7.11 Å². The summed E-state index contributed by atoms with van der Waals surface area (Å²) in [6.45, 7) is 5.07. The van der Waals surface area contributed by atoms with Crippen LogP contribution in [0.5, 0.6) is 0 Å². The molecule has 3 aliphatic carbocycles. The van der Waals surface area contributed by atoms with Crippen molar-refractivity contribution in [2.45, 2.75) is 49.3 Å². The van der Waals surface area contributed by atoms with Crippen LogP contribution in [0.2, 0.25) is 10.1 Å². The van der Waals surface area contributed by atoms with Gasteiger partial charge in [-0.15, -0.1) is 0 Å². The fourth-order valence-electron chi connectivity index (χ4n) is 6.27. The quantitative estimate of drug-likeness (QED) is 0.323. The summed E-state index contributed by atoms with van der Waals surface area (Å²) in [6, 6.07) is 26.6. The number of ether oxygens (including phenoxy) is 1. The number of methoxy groups -OCH3 is 1. The normalized spacial score (nSPS) is 27.6. The second-order valence-corrected chi connectivity index (χ2v) is 12.8. The van der Waals surface area contributed by atoms with Gasteiger partial charge in [0.25, 0.3) is 0 Å². The van der Waals surface area contributed by atoms with E-state index in [1.54, 1.807) is 5.56 Å². The summed E-state index contributed by atoms with van der Waals surface area (Å²) in [5.41, 5.74) is 3.40. The van der Waals surface area contributed by atoms with Crippen LogP contribution in [-0.2, 0) is 11.2 Å². The van der Waals surface area contributed by atoms with E-state index >= 15 is 0 Å². The number of hydrogen-bond acceptors (Lipinski definition) is 1. The first-order valence-corrected chi connectivity index (χ1v) is 13.9. The Morgan fingerprint density at radius 1 is 0.935 bits per heavy atom. The van der Waals surface area contributed by atoms with Crippen molar-refractivity contribution in [1.29, 1.82) is 0 Å². The predicted molar refractivity (Wildman–Crippen MR) is 132 cm³/mol. The van der Waals surface area contributed by atoms with Gasteiger partial charge in [-0.2, -0.15) is 0 Å². The van der Waals surface area contributed by atoms with Crippen LogP contribution in [0.15, 0.2) is 72.8 Å². The second-order valence-electron chi connectivity index (χ2n) is 10.1. The summed E-state index contributed by atoms with van der Waals surface area (Å²) < 4.78 is 5.93. The molecule has 0 N–H and O–H groups in total. The average molecular weight is 478 g/mol. The third kappa shape index (κ3) is 3.99. The van der Waals surface area contributed by atoms with Gasteiger partial charge in [-0.05, 0) is 0 Å². The zero-order valence-corrected chi connectivity index (χ0v) is 20.7. The Labute approximate surface area is 193 Å². The summed E-state index contributed by atoms with van der Waals surface area (Å²) in [7, 11) is 1.88. The Morgan fingerprint density at radius 2 is 1.68 bits per heavy atom. The summed E-state index contributed by atoms with van der Waals surface area (Å²) in [5.74, 6) is 2.60. The first kappa shape index (κ1) is 21.3. The molecule has 0 amide bonds. The molecule has 3 aromatic carbocycles. The van der Waals surface area contributed by atoms with Gasteiger partial charge in [0.15, 0.2) is 0 Å². The van der Waals surface area contributed by atoms with Crippen molar-refractivity contribution >= 4 is 25.7 Å². The predicted octanol–water partition coefficient (Wildman–Crippen LogP) is 7.36. The second kappa shape index (κ2) is 8.74. The molecule has 1 unspecified atom stereocenters. The van der Waals surface area contributed by atoms with Crippen LogP contribution in [0, 0.1) is 23.2 Å². The Morgan fingerprint density at radius 3 is 2.45 bits per heavy atom. The fraction of sp³-hybridized carbons (Fsp3) is 0.448. The van der Waals surface area contributed by atoms with E-state index < -0.39 is 0 Å². The van der Waals surface area contributed by atoms with Gasteiger partial charge < -0.3 is 0 Å². The van der Waals surface area contributed by atoms with Crippen molar-refractivity contribution in [2.75, 3.05) is 7.11 Å². The molecule has 3 fully saturated rings. The molecular formula is C29H34OSe. The third-order valence-electron chi connectivity index (χ3n) is 8.31. The molecule has 0 heterocycles. The molecule has 0 aromatic heterocycles. The molecule has 162 valence electrons. The van der Waals surface area contributed by atoms with Crippen LogP contribution in [0.1, 0.15) is 43.9 Å². The van der Waals surface area contributed by atoms with Crippen LogP contribution in [0.3, 0.4) is 0 Å². The van der Waals surface area contributed by atoms with Crippen LogP contribution in [0.4, 0.5) is 0 Å². The van der Waals surface area contributed by atoms with Gasteiger partial charge >= 0.3 is 194 Å². The Balaban J connectivity index is 1.37. The molecule has 2 heteroatoms. The minimum atomic E-state index is 0.241. The van der Waals surface area contributed by atoms with Gasteiger partial charge in [0.1, 0.15) is 0 Å². The number of hydrogen-bond donors (Lipinski definition) is 0. The fourth-order valence-corrected chi connectivity index (χ4v) is 9.73. The average Bonchev–Trinajstić information content (AvgIpc) is 2.81. The number of rotatable bonds is 7. The molecule has 2 bridgehead atoms. The summed E-state index contributed by atoms with van der Waals surface area (Å²) in [4.78, 5) is 0.865. The molecule has 1 nitrogen and oxygen atoms in total. The monoisotopic (exact) mass is 478 g/mol. The SMILES string of the molecule is COC(C[Se][C@H]1C[C@H]2C[C@@H]([C@@H]1Cc1cccc3ccccc13)C2(C)C)c1ccccc1. The van der Waals surface area contributed by atoms with Crippen molar-refractivity contribution in [1.82, 2.24) is 0 Å². The Bertz CT molecular complexity index is 1020. The minimum absolute atomic E-state index is 0.241. The van der Waals surface area contributed by atoms with E-state index in [-0.39, 0.29) is 6.10 Å². The zero-order valence-electron chi connectivity index (χ0n) is 19.0. The molecule has 3 aliphatic rings. The van der Waals surface area contributed by atoms with E-state index in [4.69, 9.17) is 4.74 Å². The molecular weight excluding hydrogens is 443 g/mol. The van der Waals surface area contributed by atoms with Crippen molar-refractivity contribution in [3.8, 4) is 0 Å². The molecule has 0 radical (unpaired) electrons. The molecule has 3 aromatic rings. The maximum atomic E-state index is 5.93. The maximum absolute atomic E-state index is 5.93. The molecule has 31 heavy (non-hydrogen) atoms. The van der Waals surface area contributed by atoms with Crippen LogP contribution < -0.4 is 0 Å². The first-order chi connectivity index (χ1) is 15.1. The number of benzene rings is 3. The summed E-state index contributed by atoms with van der Waals surface area (Å²) in [5, 5.41) is 4.02. The number of fused-ring (bicyclic) bond motifs is 3. The molecule has 0 aliphatic heterocycles. The van der Waals surface area contributed by atoms with Gasteiger partial charge in [0, 0.05) is 0 Å². The van der Waals surface area contributed by atoms with Gasteiger partial charge in [-0.1, -0.05) is 0 Å². The molecule has 0 saturated heterocycles. The van der Waals surface area contributed by atoms with E-state index in [9.17, 15) is 0 Å². The zero-order chi connectivity index (χ0) is 21.4. The molecule has 0 spiro atoms. The van der Waals surface area contributed by atoms with E-state index in [0.29, 0.717) is 20.4 Å². The summed E-state index contributed by atoms with van der Waals surface area (Å²) >= 11 is 0.596. The van der Waals surface area contributed by atoms with E-state index in [0.717, 1.165) is 22.6 Å². The van der Waals surface area contributed by atoms with Crippen molar-refractivity contribution in [3.63, 3.8) is 0 Å². The van der Waals surface area contributed by atoms with Crippen LogP contribution >= 0.6 is 0 Å². The van der Waals surface area contributed by atoms with Crippen LogP contribution in [0.25, 0.3) is 10.8 Å². The van der Waals surface area contributed by atoms with E-state index in [1.165, 1.54) is 40.9 Å². The first-order valence-electron chi connectivity index (χ1n) is 11.7. The van der Waals surface area contributed by atoms with Gasteiger partial charge in [0.05, 0.1) is 0 Å². The Hall–Kier alpha value is -1.60.